The molecule has 0 radical (unpaired) electrons. The molecule has 19 heavy (non-hydrogen) atoms. The first kappa shape index (κ1) is 12.2. The number of aryl methyl sites for hydroxylation is 3. The number of fused-ring (bicyclic) bond motifs is 1. The van der Waals surface area contributed by atoms with E-state index in [1.807, 2.05) is 0 Å². The summed E-state index contributed by atoms with van der Waals surface area (Å²) in [4.78, 5) is 17.4. The second kappa shape index (κ2) is 5.00. The van der Waals surface area contributed by atoms with Crippen LogP contribution in [0.5, 0.6) is 5.88 Å². The molecule has 0 fully saturated rings. The molecule has 0 saturated carbocycles. The average Bonchev–Trinajstić information content (AvgIpc) is 3.02. The molecule has 1 aliphatic rings. The van der Waals surface area contributed by atoms with E-state index in [0.717, 1.165) is 25.0 Å². The maximum atomic E-state index is 11.7. The Kier molecular flexibility index (Phi) is 3.20. The van der Waals surface area contributed by atoms with Gasteiger partial charge in [-0.25, -0.2) is 4.98 Å². The number of nitrogens with zero attached hydrogens (tertiary/aromatic N) is 2. The van der Waals surface area contributed by atoms with Gasteiger partial charge in [-0.05, 0) is 31.3 Å². The zero-order valence-electron chi connectivity index (χ0n) is 10.4. The van der Waals surface area contributed by atoms with Crippen LogP contribution in [-0.4, -0.2) is 22.7 Å². The number of aromatic nitrogens is 2. The number of anilines is 1. The number of carbonyl (C=O) groups excluding carboxylic acids is 1. The molecular weight excluding hydrogens is 266 g/mol. The van der Waals surface area contributed by atoms with Crippen molar-refractivity contribution in [1.82, 2.24) is 10.1 Å². The summed E-state index contributed by atoms with van der Waals surface area (Å²) in [5, 5.41) is 7.03. The first-order chi connectivity index (χ1) is 9.20. The highest BCUT2D eigenvalue weighted by atomic mass is 32.1. The Bertz CT molecular complexity index is 584. The zero-order valence-corrected chi connectivity index (χ0v) is 11.2. The molecule has 0 spiro atoms. The minimum atomic E-state index is -0.243. The minimum Gasteiger partial charge on any atom is -0.465 e. The maximum Gasteiger partial charge on any atom is 0.264 e. The third-order valence-electron chi connectivity index (χ3n) is 2.80. The van der Waals surface area contributed by atoms with Gasteiger partial charge in [-0.3, -0.25) is 10.1 Å². The molecule has 0 aromatic carbocycles. The van der Waals surface area contributed by atoms with Crippen molar-refractivity contribution in [3.63, 3.8) is 0 Å². The summed E-state index contributed by atoms with van der Waals surface area (Å²) >= 11 is 1.54. The lowest BCUT2D eigenvalue weighted by molar-refractivity contribution is -0.118. The fourth-order valence-corrected chi connectivity index (χ4v) is 3.02. The van der Waals surface area contributed by atoms with E-state index in [1.54, 1.807) is 24.3 Å². The van der Waals surface area contributed by atoms with Crippen LogP contribution in [0, 0.1) is 6.92 Å². The Morgan fingerprint density at radius 2 is 2.47 bits per heavy atom. The molecule has 1 amide bonds. The van der Waals surface area contributed by atoms with Crippen molar-refractivity contribution in [3.05, 3.63) is 22.4 Å². The quantitative estimate of drug-likeness (QED) is 0.925. The van der Waals surface area contributed by atoms with Crippen molar-refractivity contribution in [1.29, 1.82) is 0 Å². The summed E-state index contributed by atoms with van der Waals surface area (Å²) in [5.74, 6) is 0.717. The van der Waals surface area contributed by atoms with E-state index in [2.05, 4.69) is 15.5 Å². The lowest BCUT2D eigenvalue weighted by Crippen LogP contribution is -2.20. The van der Waals surface area contributed by atoms with Gasteiger partial charge in [0.05, 0.1) is 5.69 Å². The number of nitrogens with one attached hydrogen (secondary N) is 1. The van der Waals surface area contributed by atoms with E-state index >= 15 is 0 Å². The van der Waals surface area contributed by atoms with Gasteiger partial charge in [-0.1, -0.05) is 0 Å². The molecule has 1 aliphatic carbocycles. The van der Waals surface area contributed by atoms with Crippen LogP contribution >= 0.6 is 11.3 Å². The highest BCUT2D eigenvalue weighted by Gasteiger charge is 2.17. The van der Waals surface area contributed by atoms with E-state index in [1.165, 1.54) is 4.88 Å². The maximum absolute atomic E-state index is 11.7. The lowest BCUT2D eigenvalue weighted by atomic mass is 10.4. The molecule has 0 aliphatic heterocycles. The van der Waals surface area contributed by atoms with Gasteiger partial charge in [-0.15, -0.1) is 11.3 Å². The molecule has 0 bridgehead atoms. The Balaban J connectivity index is 1.53. The first-order valence-corrected chi connectivity index (χ1v) is 6.87. The molecule has 7 heteroatoms. The van der Waals surface area contributed by atoms with Crippen molar-refractivity contribution in [2.45, 2.75) is 26.2 Å². The molecule has 0 saturated heterocycles. The zero-order chi connectivity index (χ0) is 13.2. The van der Waals surface area contributed by atoms with Crippen LogP contribution in [0.2, 0.25) is 0 Å². The Morgan fingerprint density at radius 1 is 1.58 bits per heavy atom. The summed E-state index contributed by atoms with van der Waals surface area (Å²) in [7, 11) is 0. The van der Waals surface area contributed by atoms with Gasteiger partial charge in [-0.2, -0.15) is 0 Å². The van der Waals surface area contributed by atoms with E-state index in [-0.39, 0.29) is 12.5 Å². The third-order valence-corrected chi connectivity index (χ3v) is 3.87. The van der Waals surface area contributed by atoms with Gasteiger partial charge in [0.2, 0.25) is 0 Å². The summed E-state index contributed by atoms with van der Waals surface area (Å²) in [6.45, 7) is 1.66. The van der Waals surface area contributed by atoms with E-state index in [9.17, 15) is 4.79 Å². The Labute approximate surface area is 113 Å². The second-order valence-electron chi connectivity index (χ2n) is 4.36. The van der Waals surface area contributed by atoms with Crippen LogP contribution in [0.25, 0.3) is 0 Å². The van der Waals surface area contributed by atoms with Crippen LogP contribution in [-0.2, 0) is 17.6 Å². The molecule has 2 aromatic heterocycles. The number of rotatable bonds is 4. The van der Waals surface area contributed by atoms with Gasteiger partial charge in [0.15, 0.2) is 11.7 Å². The van der Waals surface area contributed by atoms with Crippen LogP contribution in [0.4, 0.5) is 5.13 Å². The molecule has 0 atom stereocenters. The normalized spacial score (nSPS) is 13.3. The van der Waals surface area contributed by atoms with Crippen molar-refractivity contribution in [2.24, 2.45) is 0 Å². The standard InChI is InChI=1S/C12H13N3O3S/c1-7-5-11(15-18-7)17-6-10(16)14-12-13-8-3-2-4-9(8)19-12/h5H,2-4,6H2,1H3,(H,13,14,16). The summed E-state index contributed by atoms with van der Waals surface area (Å²) in [6, 6.07) is 1.63. The number of hydrogen-bond donors (Lipinski definition) is 1. The SMILES string of the molecule is Cc1cc(OCC(=O)Nc2nc3c(s2)CCC3)no1. The molecule has 100 valence electrons. The fourth-order valence-electron chi connectivity index (χ4n) is 1.95. The van der Waals surface area contributed by atoms with Crippen LogP contribution < -0.4 is 10.1 Å². The monoisotopic (exact) mass is 279 g/mol. The second-order valence-corrected chi connectivity index (χ2v) is 5.44. The number of thiazole rings is 1. The Morgan fingerprint density at radius 3 is 3.21 bits per heavy atom. The van der Waals surface area contributed by atoms with Gasteiger partial charge in [0, 0.05) is 10.9 Å². The molecule has 0 unspecified atom stereocenters. The van der Waals surface area contributed by atoms with Gasteiger partial charge in [0.25, 0.3) is 11.8 Å². The summed E-state index contributed by atoms with van der Waals surface area (Å²) in [5.41, 5.74) is 1.12. The fraction of sp³-hybridized carbons (Fsp3) is 0.417. The number of amides is 1. The average molecular weight is 279 g/mol. The predicted molar refractivity (Wildman–Crippen MR) is 69.5 cm³/mol. The van der Waals surface area contributed by atoms with Crippen molar-refractivity contribution < 1.29 is 14.1 Å². The molecule has 3 rings (SSSR count). The van der Waals surface area contributed by atoms with Crippen molar-refractivity contribution in [2.75, 3.05) is 11.9 Å². The van der Waals surface area contributed by atoms with Crippen LogP contribution in [0.1, 0.15) is 22.8 Å². The molecule has 6 nitrogen and oxygen atoms in total. The largest absolute Gasteiger partial charge is 0.465 e. The van der Waals surface area contributed by atoms with Crippen molar-refractivity contribution in [3.8, 4) is 5.88 Å². The minimum absolute atomic E-state index is 0.101. The number of carbonyl (C=O) groups is 1. The van der Waals surface area contributed by atoms with Gasteiger partial charge < -0.3 is 9.26 Å². The van der Waals surface area contributed by atoms with Crippen LogP contribution in [0.15, 0.2) is 10.6 Å². The van der Waals surface area contributed by atoms with E-state index in [4.69, 9.17) is 9.26 Å². The highest BCUT2D eigenvalue weighted by Crippen LogP contribution is 2.30. The van der Waals surface area contributed by atoms with Gasteiger partial charge >= 0.3 is 0 Å². The third kappa shape index (κ3) is 2.76. The molecule has 1 N–H and O–H groups in total. The molecule has 2 aromatic rings. The molecule has 2 heterocycles. The van der Waals surface area contributed by atoms with Crippen molar-refractivity contribution >= 4 is 22.4 Å². The summed E-state index contributed by atoms with van der Waals surface area (Å²) in [6.07, 6.45) is 3.24. The van der Waals surface area contributed by atoms with E-state index in [0.29, 0.717) is 16.8 Å². The van der Waals surface area contributed by atoms with E-state index < -0.39 is 0 Å². The smallest absolute Gasteiger partial charge is 0.264 e. The lowest BCUT2D eigenvalue weighted by Gasteiger charge is -2.01. The Hall–Kier alpha value is -1.89. The topological polar surface area (TPSA) is 77.2 Å². The summed E-state index contributed by atoms with van der Waals surface area (Å²) < 4.78 is 10.0. The number of hydrogen-bond acceptors (Lipinski definition) is 6. The first-order valence-electron chi connectivity index (χ1n) is 6.05. The highest BCUT2D eigenvalue weighted by molar-refractivity contribution is 7.15. The van der Waals surface area contributed by atoms with Gasteiger partial charge in [0.1, 0.15) is 5.76 Å². The molecular formula is C12H13N3O3S. The van der Waals surface area contributed by atoms with Crippen LogP contribution in [0.3, 0.4) is 0 Å². The predicted octanol–water partition coefficient (Wildman–Crippen LogP) is 1.95. The number of ether oxygens (including phenoxy) is 1.